The van der Waals surface area contributed by atoms with Crippen LogP contribution in [0.5, 0.6) is 5.75 Å². The highest BCUT2D eigenvalue weighted by atomic mass is 32.2. The summed E-state index contributed by atoms with van der Waals surface area (Å²) in [4.78, 5) is 13.4. The first-order chi connectivity index (χ1) is 9.29. The predicted octanol–water partition coefficient (Wildman–Crippen LogP) is 3.29. The number of para-hydroxylation sites is 2. The summed E-state index contributed by atoms with van der Waals surface area (Å²) in [5.41, 5.74) is 1.89. The number of methoxy groups -OCH3 is 1. The van der Waals surface area contributed by atoms with E-state index in [1.54, 1.807) is 11.4 Å². The Morgan fingerprint density at radius 2 is 1.84 bits per heavy atom. The number of anilines is 1. The molecule has 0 unspecified atom stereocenters. The molecule has 2 aromatic carbocycles. The van der Waals surface area contributed by atoms with E-state index in [-0.39, 0.29) is 5.91 Å². The summed E-state index contributed by atoms with van der Waals surface area (Å²) in [6.45, 7) is 0. The minimum Gasteiger partial charge on any atom is -0.495 e. The fourth-order valence-corrected chi connectivity index (χ4v) is 3.11. The number of benzene rings is 2. The van der Waals surface area contributed by atoms with Crippen LogP contribution in [0.2, 0.25) is 0 Å². The molecule has 0 bridgehead atoms. The van der Waals surface area contributed by atoms with Crippen molar-refractivity contribution in [3.63, 3.8) is 0 Å². The van der Waals surface area contributed by atoms with Crippen LogP contribution in [0.4, 0.5) is 5.69 Å². The SMILES string of the molecule is COc1ccccc1N1Sc2ccccc2CC1=O. The van der Waals surface area contributed by atoms with Gasteiger partial charge in [0.2, 0.25) is 5.91 Å². The first kappa shape index (κ1) is 12.1. The zero-order valence-corrected chi connectivity index (χ0v) is 11.3. The van der Waals surface area contributed by atoms with Crippen LogP contribution in [0.15, 0.2) is 53.4 Å². The summed E-state index contributed by atoms with van der Waals surface area (Å²) in [6.07, 6.45) is 0.432. The third-order valence-corrected chi connectivity index (χ3v) is 4.21. The lowest BCUT2D eigenvalue weighted by Gasteiger charge is -2.28. The van der Waals surface area contributed by atoms with Gasteiger partial charge in [-0.25, -0.2) is 4.31 Å². The molecular weight excluding hydrogens is 258 g/mol. The maximum atomic E-state index is 12.3. The molecule has 0 saturated carbocycles. The van der Waals surface area contributed by atoms with Gasteiger partial charge in [0.1, 0.15) is 5.75 Å². The maximum Gasteiger partial charge on any atom is 0.241 e. The number of carbonyl (C=O) groups is 1. The van der Waals surface area contributed by atoms with Crippen molar-refractivity contribution in [3.05, 3.63) is 54.1 Å². The van der Waals surface area contributed by atoms with E-state index in [1.807, 2.05) is 48.5 Å². The predicted molar refractivity (Wildman–Crippen MR) is 76.5 cm³/mol. The van der Waals surface area contributed by atoms with Crippen LogP contribution in [0, 0.1) is 0 Å². The molecule has 96 valence electrons. The van der Waals surface area contributed by atoms with Crippen LogP contribution < -0.4 is 9.04 Å². The van der Waals surface area contributed by atoms with Gasteiger partial charge >= 0.3 is 0 Å². The molecule has 0 N–H and O–H groups in total. The van der Waals surface area contributed by atoms with Crippen molar-refractivity contribution in [3.8, 4) is 5.75 Å². The molecule has 0 atom stereocenters. The van der Waals surface area contributed by atoms with Crippen molar-refractivity contribution < 1.29 is 9.53 Å². The molecule has 0 aromatic heterocycles. The van der Waals surface area contributed by atoms with Crippen LogP contribution in [0.3, 0.4) is 0 Å². The second-order valence-electron chi connectivity index (χ2n) is 4.24. The Morgan fingerprint density at radius 1 is 1.11 bits per heavy atom. The van der Waals surface area contributed by atoms with Gasteiger partial charge in [0, 0.05) is 4.90 Å². The van der Waals surface area contributed by atoms with E-state index < -0.39 is 0 Å². The van der Waals surface area contributed by atoms with E-state index >= 15 is 0 Å². The summed E-state index contributed by atoms with van der Waals surface area (Å²) < 4.78 is 7.04. The first-order valence-electron chi connectivity index (χ1n) is 6.01. The van der Waals surface area contributed by atoms with E-state index in [4.69, 9.17) is 4.74 Å². The molecule has 0 aliphatic carbocycles. The smallest absolute Gasteiger partial charge is 0.241 e. The number of hydrogen-bond acceptors (Lipinski definition) is 3. The average Bonchev–Trinajstić information content (AvgIpc) is 2.46. The number of amides is 1. The second-order valence-corrected chi connectivity index (χ2v) is 5.22. The number of carbonyl (C=O) groups excluding carboxylic acids is 1. The van der Waals surface area contributed by atoms with Gasteiger partial charge in [-0.1, -0.05) is 30.3 Å². The van der Waals surface area contributed by atoms with Crippen LogP contribution >= 0.6 is 11.9 Å². The number of hydrogen-bond donors (Lipinski definition) is 0. The molecule has 2 aromatic rings. The van der Waals surface area contributed by atoms with Gasteiger partial charge in [0.25, 0.3) is 0 Å². The fraction of sp³-hybridized carbons (Fsp3) is 0.133. The largest absolute Gasteiger partial charge is 0.495 e. The van der Waals surface area contributed by atoms with Gasteiger partial charge in [0.15, 0.2) is 0 Å². The van der Waals surface area contributed by atoms with E-state index in [2.05, 4.69) is 0 Å². The summed E-state index contributed by atoms with van der Waals surface area (Å²) in [7, 11) is 1.62. The quantitative estimate of drug-likeness (QED) is 0.785. The lowest BCUT2D eigenvalue weighted by atomic mass is 10.1. The Hall–Kier alpha value is -1.94. The van der Waals surface area contributed by atoms with Gasteiger partial charge in [0.05, 0.1) is 19.2 Å². The number of rotatable bonds is 2. The topological polar surface area (TPSA) is 29.5 Å². The van der Waals surface area contributed by atoms with Gasteiger partial charge in [-0.05, 0) is 35.7 Å². The zero-order valence-electron chi connectivity index (χ0n) is 10.5. The van der Waals surface area contributed by atoms with E-state index in [9.17, 15) is 4.79 Å². The van der Waals surface area contributed by atoms with Crippen molar-refractivity contribution in [1.29, 1.82) is 0 Å². The Morgan fingerprint density at radius 3 is 2.68 bits per heavy atom. The van der Waals surface area contributed by atoms with E-state index in [1.165, 1.54) is 11.9 Å². The number of ether oxygens (including phenoxy) is 1. The third-order valence-electron chi connectivity index (χ3n) is 3.03. The highest BCUT2D eigenvalue weighted by Gasteiger charge is 2.26. The van der Waals surface area contributed by atoms with Crippen LogP contribution in [0.1, 0.15) is 5.56 Å². The molecule has 0 radical (unpaired) electrons. The summed E-state index contributed by atoms with van der Waals surface area (Å²) in [5, 5.41) is 0. The molecule has 3 nitrogen and oxygen atoms in total. The van der Waals surface area contributed by atoms with E-state index in [0.717, 1.165) is 16.1 Å². The molecule has 0 saturated heterocycles. The minimum atomic E-state index is 0.0770. The Balaban J connectivity index is 2.01. The van der Waals surface area contributed by atoms with Crippen molar-refractivity contribution in [2.24, 2.45) is 0 Å². The lowest BCUT2D eigenvalue weighted by Crippen LogP contribution is -2.29. The van der Waals surface area contributed by atoms with Crippen molar-refractivity contribution in [2.45, 2.75) is 11.3 Å². The third kappa shape index (κ3) is 2.19. The van der Waals surface area contributed by atoms with Gasteiger partial charge < -0.3 is 4.74 Å². The van der Waals surface area contributed by atoms with Crippen LogP contribution in [-0.2, 0) is 11.2 Å². The van der Waals surface area contributed by atoms with Gasteiger partial charge in [-0.2, -0.15) is 0 Å². The minimum absolute atomic E-state index is 0.0770. The molecule has 1 amide bonds. The molecule has 3 rings (SSSR count). The highest BCUT2D eigenvalue weighted by molar-refractivity contribution is 8.01. The van der Waals surface area contributed by atoms with Crippen molar-refractivity contribution in [1.82, 2.24) is 0 Å². The Kier molecular flexibility index (Phi) is 3.17. The van der Waals surface area contributed by atoms with Crippen LogP contribution in [0.25, 0.3) is 0 Å². The second kappa shape index (κ2) is 4.97. The number of nitrogens with zero attached hydrogens (tertiary/aromatic N) is 1. The lowest BCUT2D eigenvalue weighted by molar-refractivity contribution is -0.116. The highest BCUT2D eigenvalue weighted by Crippen LogP contribution is 2.40. The molecule has 1 heterocycles. The molecule has 4 heteroatoms. The normalized spacial score (nSPS) is 14.2. The van der Waals surface area contributed by atoms with Crippen molar-refractivity contribution in [2.75, 3.05) is 11.4 Å². The average molecular weight is 271 g/mol. The standard InChI is InChI=1S/C15H13NO2S/c1-18-13-8-4-3-7-12(13)16-15(17)10-11-6-2-5-9-14(11)19-16/h2-9H,10H2,1H3. The number of fused-ring (bicyclic) bond motifs is 1. The van der Waals surface area contributed by atoms with Crippen molar-refractivity contribution >= 4 is 23.5 Å². The first-order valence-corrected chi connectivity index (χ1v) is 6.79. The molecule has 0 spiro atoms. The maximum absolute atomic E-state index is 12.3. The Labute approximate surface area is 116 Å². The van der Waals surface area contributed by atoms with Crippen LogP contribution in [-0.4, -0.2) is 13.0 Å². The van der Waals surface area contributed by atoms with E-state index in [0.29, 0.717) is 12.2 Å². The summed E-state index contributed by atoms with van der Waals surface area (Å²) in [6, 6.07) is 15.6. The molecular formula is C15H13NO2S. The molecule has 1 aliphatic rings. The monoisotopic (exact) mass is 271 g/mol. The zero-order chi connectivity index (χ0) is 13.2. The fourth-order valence-electron chi connectivity index (χ4n) is 2.10. The summed E-state index contributed by atoms with van der Waals surface area (Å²) >= 11 is 1.45. The molecule has 0 fully saturated rings. The summed E-state index contributed by atoms with van der Waals surface area (Å²) in [5.74, 6) is 0.788. The van der Waals surface area contributed by atoms with Gasteiger partial charge in [-0.15, -0.1) is 0 Å². The van der Waals surface area contributed by atoms with Gasteiger partial charge in [-0.3, -0.25) is 4.79 Å². The molecule has 1 aliphatic heterocycles. The Bertz CT molecular complexity index is 627. The molecule has 19 heavy (non-hydrogen) atoms.